The van der Waals surface area contributed by atoms with Crippen LogP contribution in [-0.2, 0) is 16.0 Å². The predicted octanol–water partition coefficient (Wildman–Crippen LogP) is 3.64. The zero-order valence-electron chi connectivity index (χ0n) is 13.9. The first-order chi connectivity index (χ1) is 11.8. The third kappa shape index (κ3) is 5.96. The lowest BCUT2D eigenvalue weighted by Crippen LogP contribution is -2.23. The summed E-state index contributed by atoms with van der Waals surface area (Å²) in [6.07, 6.45) is 0.321. The number of hydrogen-bond acceptors (Lipinski definition) is 3. The fourth-order valence-electron chi connectivity index (χ4n) is 1.95. The molecule has 0 aromatic heterocycles. The van der Waals surface area contributed by atoms with Crippen LogP contribution in [0.15, 0.2) is 42.5 Å². The Bertz CT molecular complexity index is 761. The highest BCUT2D eigenvalue weighted by molar-refractivity contribution is 6.42. The lowest BCUT2D eigenvalue weighted by molar-refractivity contribution is -0.128. The Morgan fingerprint density at radius 2 is 1.72 bits per heavy atom. The molecule has 0 spiro atoms. The Hall–Kier alpha value is -2.24. The van der Waals surface area contributed by atoms with Crippen LogP contribution in [0.5, 0.6) is 5.75 Å². The van der Waals surface area contributed by atoms with Crippen LogP contribution < -0.4 is 10.1 Å². The van der Waals surface area contributed by atoms with Crippen molar-refractivity contribution in [3.05, 3.63) is 58.1 Å². The van der Waals surface area contributed by atoms with E-state index < -0.39 is 0 Å². The standard InChI is InChI=1S/C18H18Cl2N2O3/c1-22(2)18(24)9-12-3-5-13(6-4-12)21-17(23)11-25-14-7-8-15(19)16(20)10-14/h3-8,10H,9,11H2,1-2H3,(H,21,23). The zero-order valence-corrected chi connectivity index (χ0v) is 15.4. The molecule has 0 aliphatic heterocycles. The van der Waals surface area contributed by atoms with E-state index in [1.165, 1.54) is 4.90 Å². The number of nitrogens with one attached hydrogen (secondary N) is 1. The van der Waals surface area contributed by atoms with Crippen molar-refractivity contribution < 1.29 is 14.3 Å². The molecule has 0 aliphatic carbocycles. The van der Waals surface area contributed by atoms with E-state index in [1.807, 2.05) is 0 Å². The Kier molecular flexibility index (Phi) is 6.67. The number of likely N-dealkylation sites (N-methyl/N-ethyl adjacent to an activating group) is 1. The SMILES string of the molecule is CN(C)C(=O)Cc1ccc(NC(=O)COc2ccc(Cl)c(Cl)c2)cc1. The maximum Gasteiger partial charge on any atom is 0.262 e. The van der Waals surface area contributed by atoms with Gasteiger partial charge in [0.15, 0.2) is 6.61 Å². The minimum absolute atomic E-state index is 0.0202. The van der Waals surface area contributed by atoms with Gasteiger partial charge in [0.1, 0.15) is 5.75 Å². The van der Waals surface area contributed by atoms with E-state index in [-0.39, 0.29) is 18.4 Å². The summed E-state index contributed by atoms with van der Waals surface area (Å²) in [6, 6.07) is 11.9. The molecule has 0 bridgehead atoms. The molecule has 1 N–H and O–H groups in total. The number of carbonyl (C=O) groups is 2. The van der Waals surface area contributed by atoms with Gasteiger partial charge in [0.2, 0.25) is 5.91 Å². The number of nitrogens with zero attached hydrogens (tertiary/aromatic N) is 1. The summed E-state index contributed by atoms with van der Waals surface area (Å²) in [5, 5.41) is 3.51. The van der Waals surface area contributed by atoms with E-state index in [2.05, 4.69) is 5.32 Å². The van der Waals surface area contributed by atoms with E-state index in [4.69, 9.17) is 27.9 Å². The molecule has 25 heavy (non-hydrogen) atoms. The molecular formula is C18H18Cl2N2O3. The molecule has 0 heterocycles. The minimum atomic E-state index is -0.303. The molecule has 0 fully saturated rings. The van der Waals surface area contributed by atoms with Gasteiger partial charge in [-0.2, -0.15) is 0 Å². The Labute approximate surface area is 156 Å². The number of amides is 2. The fraction of sp³-hybridized carbons (Fsp3) is 0.222. The van der Waals surface area contributed by atoms with E-state index in [1.54, 1.807) is 56.6 Å². The van der Waals surface area contributed by atoms with E-state index >= 15 is 0 Å². The van der Waals surface area contributed by atoms with Crippen LogP contribution in [0, 0.1) is 0 Å². The van der Waals surface area contributed by atoms with Gasteiger partial charge >= 0.3 is 0 Å². The summed E-state index contributed by atoms with van der Waals surface area (Å²) in [6.45, 7) is -0.154. The van der Waals surface area contributed by atoms with Crippen molar-refractivity contribution >= 4 is 40.7 Å². The topological polar surface area (TPSA) is 58.6 Å². The molecule has 2 amide bonds. The van der Waals surface area contributed by atoms with Crippen molar-refractivity contribution in [2.24, 2.45) is 0 Å². The van der Waals surface area contributed by atoms with Crippen LogP contribution in [0.1, 0.15) is 5.56 Å². The second kappa shape index (κ2) is 8.74. The molecule has 0 unspecified atom stereocenters. The summed E-state index contributed by atoms with van der Waals surface area (Å²) < 4.78 is 5.37. The molecule has 0 saturated heterocycles. The molecule has 0 saturated carbocycles. The minimum Gasteiger partial charge on any atom is -0.484 e. The fourth-order valence-corrected chi connectivity index (χ4v) is 2.24. The molecule has 7 heteroatoms. The van der Waals surface area contributed by atoms with Crippen LogP contribution in [0.4, 0.5) is 5.69 Å². The lowest BCUT2D eigenvalue weighted by Gasteiger charge is -2.11. The van der Waals surface area contributed by atoms with E-state index in [9.17, 15) is 9.59 Å². The van der Waals surface area contributed by atoms with Crippen LogP contribution in [-0.4, -0.2) is 37.4 Å². The number of benzene rings is 2. The van der Waals surface area contributed by atoms with Crippen molar-refractivity contribution in [1.82, 2.24) is 4.90 Å². The molecule has 2 aromatic rings. The van der Waals surface area contributed by atoms with E-state index in [0.29, 0.717) is 27.9 Å². The Morgan fingerprint density at radius 3 is 2.32 bits per heavy atom. The predicted molar refractivity (Wildman–Crippen MR) is 99.4 cm³/mol. The van der Waals surface area contributed by atoms with Crippen LogP contribution in [0.3, 0.4) is 0 Å². The monoisotopic (exact) mass is 380 g/mol. The van der Waals surface area contributed by atoms with Gasteiger partial charge in [-0.15, -0.1) is 0 Å². The van der Waals surface area contributed by atoms with Crippen molar-refractivity contribution in [3.63, 3.8) is 0 Å². The zero-order chi connectivity index (χ0) is 18.4. The number of hydrogen-bond donors (Lipinski definition) is 1. The number of anilines is 1. The first kappa shape index (κ1) is 19.1. The van der Waals surface area contributed by atoms with Gasteiger partial charge in [-0.1, -0.05) is 35.3 Å². The molecule has 2 rings (SSSR count). The summed E-state index contributed by atoms with van der Waals surface area (Å²) in [5.41, 5.74) is 1.51. The quantitative estimate of drug-likeness (QED) is 0.831. The maximum atomic E-state index is 11.9. The molecule has 2 aromatic carbocycles. The lowest BCUT2D eigenvalue weighted by atomic mass is 10.1. The molecule has 0 aliphatic rings. The molecule has 5 nitrogen and oxygen atoms in total. The Balaban J connectivity index is 1.85. The summed E-state index contributed by atoms with van der Waals surface area (Å²) >= 11 is 11.7. The normalized spacial score (nSPS) is 10.2. The van der Waals surface area contributed by atoms with Crippen LogP contribution in [0.2, 0.25) is 10.0 Å². The van der Waals surface area contributed by atoms with Crippen molar-refractivity contribution in [3.8, 4) is 5.75 Å². The summed E-state index contributed by atoms with van der Waals surface area (Å²) in [4.78, 5) is 25.1. The van der Waals surface area contributed by atoms with Gasteiger partial charge in [0, 0.05) is 25.8 Å². The van der Waals surface area contributed by atoms with Crippen molar-refractivity contribution in [1.29, 1.82) is 0 Å². The smallest absolute Gasteiger partial charge is 0.262 e. The average Bonchev–Trinajstić information content (AvgIpc) is 2.57. The third-order valence-electron chi connectivity index (χ3n) is 3.35. The third-order valence-corrected chi connectivity index (χ3v) is 4.09. The van der Waals surface area contributed by atoms with Crippen molar-refractivity contribution in [2.75, 3.05) is 26.0 Å². The van der Waals surface area contributed by atoms with Gasteiger partial charge in [0.05, 0.1) is 16.5 Å². The van der Waals surface area contributed by atoms with Crippen LogP contribution >= 0.6 is 23.2 Å². The van der Waals surface area contributed by atoms with E-state index in [0.717, 1.165) is 5.56 Å². The molecule has 132 valence electrons. The summed E-state index contributed by atoms with van der Waals surface area (Å²) in [5.74, 6) is 0.178. The van der Waals surface area contributed by atoms with Crippen molar-refractivity contribution in [2.45, 2.75) is 6.42 Å². The van der Waals surface area contributed by atoms with Gasteiger partial charge < -0.3 is 15.0 Å². The maximum absolute atomic E-state index is 11.9. The average molecular weight is 381 g/mol. The Morgan fingerprint density at radius 1 is 1.04 bits per heavy atom. The number of carbonyl (C=O) groups excluding carboxylic acids is 2. The first-order valence-corrected chi connectivity index (χ1v) is 8.27. The van der Waals surface area contributed by atoms with Gasteiger partial charge in [-0.25, -0.2) is 0 Å². The highest BCUT2D eigenvalue weighted by Crippen LogP contribution is 2.26. The number of rotatable bonds is 6. The highest BCUT2D eigenvalue weighted by Gasteiger charge is 2.08. The van der Waals surface area contributed by atoms with Gasteiger partial charge in [-0.05, 0) is 29.8 Å². The first-order valence-electron chi connectivity index (χ1n) is 7.52. The molecular weight excluding hydrogens is 363 g/mol. The van der Waals surface area contributed by atoms with Crippen LogP contribution in [0.25, 0.3) is 0 Å². The molecule has 0 atom stereocenters. The number of ether oxygens (including phenoxy) is 1. The van der Waals surface area contributed by atoms with Gasteiger partial charge in [0.25, 0.3) is 5.91 Å². The summed E-state index contributed by atoms with van der Waals surface area (Å²) in [7, 11) is 3.43. The molecule has 0 radical (unpaired) electrons. The second-order valence-electron chi connectivity index (χ2n) is 5.57. The second-order valence-corrected chi connectivity index (χ2v) is 6.39. The largest absolute Gasteiger partial charge is 0.484 e. The van der Waals surface area contributed by atoms with Gasteiger partial charge in [-0.3, -0.25) is 9.59 Å². The number of halogens is 2. The highest BCUT2D eigenvalue weighted by atomic mass is 35.5.